The van der Waals surface area contributed by atoms with Gasteiger partial charge in [-0.1, -0.05) is 15.9 Å². The van der Waals surface area contributed by atoms with Gasteiger partial charge in [0, 0.05) is 42.4 Å². The second-order valence-corrected chi connectivity index (χ2v) is 7.06. The molecule has 0 saturated carbocycles. The van der Waals surface area contributed by atoms with Crippen LogP contribution in [0.15, 0.2) is 35.1 Å². The van der Waals surface area contributed by atoms with Crippen LogP contribution < -0.4 is 9.80 Å². The summed E-state index contributed by atoms with van der Waals surface area (Å²) >= 11 is 3.52. The van der Waals surface area contributed by atoms with Gasteiger partial charge in [0.2, 0.25) is 0 Å². The van der Waals surface area contributed by atoms with Crippen molar-refractivity contribution < 1.29 is 0 Å². The van der Waals surface area contributed by atoms with Gasteiger partial charge in [0.15, 0.2) is 0 Å². The zero-order valence-corrected chi connectivity index (χ0v) is 15.5. The molecule has 3 rings (SSSR count). The third-order valence-corrected chi connectivity index (χ3v) is 5.01. The van der Waals surface area contributed by atoms with Crippen molar-refractivity contribution in [2.75, 3.05) is 29.9 Å². The number of halogens is 1. The number of piperidine rings is 1. The highest BCUT2D eigenvalue weighted by molar-refractivity contribution is 9.10. The molecule has 5 nitrogen and oxygen atoms in total. The Morgan fingerprint density at radius 3 is 2.92 bits per heavy atom. The minimum Gasteiger partial charge on any atom is -0.368 e. The van der Waals surface area contributed by atoms with Crippen LogP contribution in [0.2, 0.25) is 0 Å². The van der Waals surface area contributed by atoms with E-state index in [4.69, 9.17) is 0 Å². The second kappa shape index (κ2) is 7.18. The number of aryl methyl sites for hydroxylation is 1. The molecule has 0 spiro atoms. The molecule has 0 aliphatic carbocycles. The molecule has 2 aromatic rings. The van der Waals surface area contributed by atoms with E-state index in [2.05, 4.69) is 48.8 Å². The predicted molar refractivity (Wildman–Crippen MR) is 99.3 cm³/mol. The molecule has 1 aliphatic rings. The first-order valence-electron chi connectivity index (χ1n) is 8.04. The number of hydrogen-bond acceptors (Lipinski definition) is 5. The number of benzene rings is 1. The molecule has 2 heterocycles. The van der Waals surface area contributed by atoms with E-state index in [1.165, 1.54) is 0 Å². The van der Waals surface area contributed by atoms with Crippen LogP contribution in [0.1, 0.15) is 24.1 Å². The standard InChI is InChI=1S/C18H20BrN5/c1-13-8-18(22-12-21-13)23(2)16-4-3-7-24(11-16)17-9-15(19)6-5-14(17)10-20/h5-6,8-9,12,16H,3-4,7,11H2,1-2H3. The average molecular weight is 386 g/mol. The summed E-state index contributed by atoms with van der Waals surface area (Å²) in [6, 6.07) is 10.5. The Kier molecular flexibility index (Phi) is 5.00. The quantitative estimate of drug-likeness (QED) is 0.808. The Hall–Kier alpha value is -2.13. The molecule has 6 heteroatoms. The molecule has 24 heavy (non-hydrogen) atoms. The zero-order valence-electron chi connectivity index (χ0n) is 13.9. The van der Waals surface area contributed by atoms with Crippen LogP contribution in [-0.4, -0.2) is 36.1 Å². The van der Waals surface area contributed by atoms with E-state index in [0.29, 0.717) is 6.04 Å². The molecule has 1 atom stereocenters. The van der Waals surface area contributed by atoms with E-state index in [9.17, 15) is 5.26 Å². The maximum absolute atomic E-state index is 9.40. The Labute approximate surface area is 151 Å². The topological polar surface area (TPSA) is 56.0 Å². The van der Waals surface area contributed by atoms with Crippen LogP contribution in [0.5, 0.6) is 0 Å². The first kappa shape index (κ1) is 16.7. The summed E-state index contributed by atoms with van der Waals surface area (Å²) in [4.78, 5) is 13.1. The number of rotatable bonds is 3. The largest absolute Gasteiger partial charge is 0.368 e. The van der Waals surface area contributed by atoms with Gasteiger partial charge in [-0.15, -0.1) is 0 Å². The van der Waals surface area contributed by atoms with E-state index in [-0.39, 0.29) is 0 Å². The van der Waals surface area contributed by atoms with Crippen molar-refractivity contribution in [3.63, 3.8) is 0 Å². The minimum atomic E-state index is 0.360. The van der Waals surface area contributed by atoms with Gasteiger partial charge in [0.05, 0.1) is 11.3 Å². The van der Waals surface area contributed by atoms with Gasteiger partial charge in [-0.2, -0.15) is 5.26 Å². The van der Waals surface area contributed by atoms with Crippen molar-refractivity contribution in [3.8, 4) is 6.07 Å². The molecule has 0 amide bonds. The predicted octanol–water partition coefficient (Wildman–Crippen LogP) is 3.52. The molecule has 1 aromatic heterocycles. The van der Waals surface area contributed by atoms with Gasteiger partial charge < -0.3 is 9.80 Å². The monoisotopic (exact) mass is 385 g/mol. The Balaban J connectivity index is 1.82. The summed E-state index contributed by atoms with van der Waals surface area (Å²) in [5.74, 6) is 0.948. The fraction of sp³-hybridized carbons (Fsp3) is 0.389. The maximum atomic E-state index is 9.40. The van der Waals surface area contributed by atoms with Crippen LogP contribution in [-0.2, 0) is 0 Å². The molecular weight excluding hydrogens is 366 g/mol. The van der Waals surface area contributed by atoms with E-state index >= 15 is 0 Å². The van der Waals surface area contributed by atoms with Gasteiger partial charge in [0.1, 0.15) is 18.2 Å². The van der Waals surface area contributed by atoms with Crippen molar-refractivity contribution in [1.82, 2.24) is 9.97 Å². The highest BCUT2D eigenvalue weighted by atomic mass is 79.9. The van der Waals surface area contributed by atoms with Crippen LogP contribution in [0.4, 0.5) is 11.5 Å². The van der Waals surface area contributed by atoms with E-state index in [1.54, 1.807) is 6.33 Å². The molecule has 1 unspecified atom stereocenters. The average Bonchev–Trinajstić information content (AvgIpc) is 2.61. The molecule has 124 valence electrons. The van der Waals surface area contributed by atoms with E-state index in [1.807, 2.05) is 31.2 Å². The summed E-state index contributed by atoms with van der Waals surface area (Å²) in [5, 5.41) is 9.40. The van der Waals surface area contributed by atoms with Gasteiger partial charge >= 0.3 is 0 Å². The maximum Gasteiger partial charge on any atom is 0.132 e. The second-order valence-electron chi connectivity index (χ2n) is 6.14. The minimum absolute atomic E-state index is 0.360. The van der Waals surface area contributed by atoms with Crippen LogP contribution in [0.25, 0.3) is 0 Å². The Bertz CT molecular complexity index is 770. The van der Waals surface area contributed by atoms with Crippen molar-refractivity contribution in [1.29, 1.82) is 5.26 Å². The number of nitrogens with zero attached hydrogens (tertiary/aromatic N) is 5. The number of aromatic nitrogens is 2. The van der Waals surface area contributed by atoms with Crippen molar-refractivity contribution in [3.05, 3.63) is 46.3 Å². The summed E-state index contributed by atoms with van der Waals surface area (Å²) in [7, 11) is 2.09. The third kappa shape index (κ3) is 3.51. The summed E-state index contributed by atoms with van der Waals surface area (Å²) < 4.78 is 0.999. The van der Waals surface area contributed by atoms with Gasteiger partial charge in [-0.3, -0.25) is 0 Å². The third-order valence-electron chi connectivity index (χ3n) is 4.52. The lowest BCUT2D eigenvalue weighted by atomic mass is 10.0. The highest BCUT2D eigenvalue weighted by Crippen LogP contribution is 2.29. The molecule has 0 radical (unpaired) electrons. The highest BCUT2D eigenvalue weighted by Gasteiger charge is 2.25. The van der Waals surface area contributed by atoms with Crippen LogP contribution in [0, 0.1) is 18.3 Å². The SMILES string of the molecule is Cc1cc(N(C)C2CCCN(c3cc(Br)ccc3C#N)C2)ncn1. The first-order chi connectivity index (χ1) is 11.6. The molecule has 0 N–H and O–H groups in total. The smallest absolute Gasteiger partial charge is 0.132 e. The van der Waals surface area contributed by atoms with Crippen molar-refractivity contribution in [2.24, 2.45) is 0 Å². The molecular formula is C18H20BrN5. The van der Waals surface area contributed by atoms with Gasteiger partial charge in [-0.05, 0) is 38.0 Å². The van der Waals surface area contributed by atoms with E-state index < -0.39 is 0 Å². The normalized spacial score (nSPS) is 17.4. The molecule has 1 aromatic carbocycles. The molecule has 1 saturated heterocycles. The lowest BCUT2D eigenvalue weighted by Crippen LogP contribution is -2.47. The summed E-state index contributed by atoms with van der Waals surface area (Å²) in [5.41, 5.74) is 2.70. The van der Waals surface area contributed by atoms with E-state index in [0.717, 1.165) is 53.2 Å². The lowest BCUT2D eigenvalue weighted by molar-refractivity contribution is 0.485. The number of nitriles is 1. The fourth-order valence-electron chi connectivity index (χ4n) is 3.17. The molecule has 1 aliphatic heterocycles. The Morgan fingerprint density at radius 2 is 2.17 bits per heavy atom. The number of likely N-dealkylation sites (N-methyl/N-ethyl adjacent to an activating group) is 1. The van der Waals surface area contributed by atoms with Crippen LogP contribution in [0.3, 0.4) is 0 Å². The number of hydrogen-bond donors (Lipinski definition) is 0. The summed E-state index contributed by atoms with van der Waals surface area (Å²) in [6.45, 7) is 3.83. The van der Waals surface area contributed by atoms with Crippen LogP contribution >= 0.6 is 15.9 Å². The number of anilines is 2. The van der Waals surface area contributed by atoms with Crippen molar-refractivity contribution >= 4 is 27.4 Å². The van der Waals surface area contributed by atoms with Gasteiger partial charge in [-0.25, -0.2) is 9.97 Å². The molecule has 1 fully saturated rings. The summed E-state index contributed by atoms with van der Waals surface area (Å²) in [6.07, 6.45) is 3.83. The zero-order chi connectivity index (χ0) is 17.1. The Morgan fingerprint density at radius 1 is 1.33 bits per heavy atom. The lowest BCUT2D eigenvalue weighted by Gasteiger charge is -2.39. The fourth-order valence-corrected chi connectivity index (χ4v) is 3.52. The molecule has 0 bridgehead atoms. The van der Waals surface area contributed by atoms with Crippen molar-refractivity contribution in [2.45, 2.75) is 25.8 Å². The van der Waals surface area contributed by atoms with Gasteiger partial charge in [0.25, 0.3) is 0 Å². The first-order valence-corrected chi connectivity index (χ1v) is 8.84.